The lowest BCUT2D eigenvalue weighted by molar-refractivity contribution is 2.32. The Hall–Kier alpha value is 1.25. The maximum absolute atomic E-state index is 2.15. The summed E-state index contributed by atoms with van der Waals surface area (Å²) in [5.41, 5.74) is 0. The van der Waals surface area contributed by atoms with E-state index in [1.54, 1.807) is 0 Å². The van der Waals surface area contributed by atoms with Crippen molar-refractivity contribution in [2.45, 2.75) is 0 Å². The molecule has 0 fully saturated rings. The molecule has 5 heavy (non-hydrogen) atoms. The van der Waals surface area contributed by atoms with Crippen molar-refractivity contribution in [2.24, 2.45) is 0 Å². The molecule has 0 aliphatic heterocycles. The number of hydrogen-bond acceptors (Lipinski definition) is 0. The predicted molar refractivity (Wildman–Crippen MR) is 33.2 cm³/mol. The molecule has 0 amide bonds. The molecule has 0 N–H and O–H groups in total. The molecule has 0 aromatic carbocycles. The second-order valence-electron chi connectivity index (χ2n) is 0.500. The van der Waals surface area contributed by atoms with E-state index in [0.29, 0.717) is 0 Å². The molecule has 0 atom stereocenters. The first kappa shape index (κ1) is 16.3. The molecule has 3 radical (unpaired) electrons. The zero-order valence-corrected chi connectivity index (χ0v) is 6.46. The SMILES string of the molecule is CPC.Cl.[Al]. The van der Waals surface area contributed by atoms with Crippen molar-refractivity contribution in [1.82, 2.24) is 0 Å². The van der Waals surface area contributed by atoms with Crippen molar-refractivity contribution in [1.29, 1.82) is 0 Å². The molecular formula is C2H8AlClP. The Labute approximate surface area is 52.0 Å². The smallest absolute Gasteiger partial charge is 0 e. The minimum absolute atomic E-state index is 0. The summed E-state index contributed by atoms with van der Waals surface area (Å²) in [5, 5.41) is 0. The Kier molecular flexibility index (Phi) is 61.1. The molecule has 0 heterocycles. The van der Waals surface area contributed by atoms with Crippen LogP contribution >= 0.6 is 21.0 Å². The molecule has 0 aliphatic carbocycles. The largest absolute Gasteiger partial charge is 0.147 e. The van der Waals surface area contributed by atoms with E-state index in [1.165, 1.54) is 0 Å². The van der Waals surface area contributed by atoms with Gasteiger partial charge in [-0.25, -0.2) is 0 Å². The van der Waals surface area contributed by atoms with Crippen LogP contribution in [0.2, 0.25) is 0 Å². The van der Waals surface area contributed by atoms with E-state index in [9.17, 15) is 0 Å². The van der Waals surface area contributed by atoms with Crippen molar-refractivity contribution >= 4 is 38.3 Å². The van der Waals surface area contributed by atoms with Gasteiger partial charge in [0.15, 0.2) is 0 Å². The standard InChI is InChI=1S/C2H7P.Al.ClH/c1-3-2;;/h3H,1-2H3;;1H. The van der Waals surface area contributed by atoms with Gasteiger partial charge < -0.3 is 0 Å². The molecule has 31 valence electrons. The molecule has 0 spiro atoms. The first-order chi connectivity index (χ1) is 1.41. The normalized spacial score (nSPS) is 3.60. The van der Waals surface area contributed by atoms with Crippen LogP contribution < -0.4 is 0 Å². The van der Waals surface area contributed by atoms with Crippen LogP contribution in [0.25, 0.3) is 0 Å². The van der Waals surface area contributed by atoms with Gasteiger partial charge in [-0.15, -0.1) is 21.0 Å². The molecule has 0 aliphatic rings. The van der Waals surface area contributed by atoms with Crippen molar-refractivity contribution in [2.75, 3.05) is 13.3 Å². The first-order valence-corrected chi connectivity index (χ1v) is 3.00. The highest BCUT2D eigenvalue weighted by Crippen LogP contribution is 1.84. The fourth-order valence-electron chi connectivity index (χ4n) is 0. The van der Waals surface area contributed by atoms with Gasteiger partial charge in [0, 0.05) is 17.4 Å². The zero-order valence-electron chi connectivity index (χ0n) is 3.49. The Bertz CT molecular complexity index is 9.61. The third-order valence-electron chi connectivity index (χ3n) is 0. The van der Waals surface area contributed by atoms with Gasteiger partial charge in [-0.2, -0.15) is 0 Å². The van der Waals surface area contributed by atoms with Crippen molar-refractivity contribution < 1.29 is 0 Å². The molecular weight excluding hydrogens is 117 g/mol. The van der Waals surface area contributed by atoms with Gasteiger partial charge in [0.1, 0.15) is 0 Å². The summed E-state index contributed by atoms with van der Waals surface area (Å²) in [5.74, 6) is 0. The lowest BCUT2D eigenvalue weighted by Crippen LogP contribution is -1.18. The molecule has 0 unspecified atom stereocenters. The molecule has 0 saturated heterocycles. The third kappa shape index (κ3) is 35.4. The van der Waals surface area contributed by atoms with Crippen LogP contribution in [-0.2, 0) is 0 Å². The average Bonchev–Trinajstić information content (AvgIpc) is 0.918. The predicted octanol–water partition coefficient (Wildman–Crippen LogP) is 0.965. The Morgan fingerprint density at radius 3 is 1.20 bits per heavy atom. The molecule has 0 nitrogen and oxygen atoms in total. The van der Waals surface area contributed by atoms with Gasteiger partial charge in [-0.05, 0) is 13.3 Å². The summed E-state index contributed by atoms with van der Waals surface area (Å²) < 4.78 is 0. The lowest BCUT2D eigenvalue weighted by Gasteiger charge is -1.50. The van der Waals surface area contributed by atoms with E-state index in [-0.39, 0.29) is 29.8 Å². The molecule has 0 rings (SSSR count). The van der Waals surface area contributed by atoms with E-state index in [2.05, 4.69) is 13.3 Å². The summed E-state index contributed by atoms with van der Waals surface area (Å²) in [6.45, 7) is 4.31. The van der Waals surface area contributed by atoms with Crippen molar-refractivity contribution in [3.8, 4) is 0 Å². The monoisotopic (exact) mass is 125 g/mol. The summed E-state index contributed by atoms with van der Waals surface area (Å²) >= 11 is 0. The van der Waals surface area contributed by atoms with Crippen LogP contribution in [0.15, 0.2) is 0 Å². The van der Waals surface area contributed by atoms with E-state index in [4.69, 9.17) is 0 Å². The highest BCUT2D eigenvalue weighted by atomic mass is 35.5. The van der Waals surface area contributed by atoms with Crippen LogP contribution in [0.4, 0.5) is 0 Å². The molecule has 0 aromatic heterocycles. The second kappa shape index (κ2) is 18.7. The summed E-state index contributed by atoms with van der Waals surface area (Å²) in [7, 11) is 1.08. The maximum atomic E-state index is 2.15. The van der Waals surface area contributed by atoms with E-state index < -0.39 is 0 Å². The minimum atomic E-state index is 0. The van der Waals surface area contributed by atoms with Gasteiger partial charge in [0.05, 0.1) is 0 Å². The number of halogens is 1. The van der Waals surface area contributed by atoms with Crippen molar-refractivity contribution in [3.63, 3.8) is 0 Å². The lowest BCUT2D eigenvalue weighted by atomic mass is 11.9. The third-order valence-corrected chi connectivity index (χ3v) is 0. The zero-order chi connectivity index (χ0) is 2.71. The fraction of sp³-hybridized carbons (Fsp3) is 1.00. The van der Waals surface area contributed by atoms with Gasteiger partial charge in [-0.3, -0.25) is 0 Å². The van der Waals surface area contributed by atoms with Gasteiger partial charge in [0.25, 0.3) is 0 Å². The first-order valence-electron chi connectivity index (χ1n) is 1.00. The van der Waals surface area contributed by atoms with E-state index in [1.807, 2.05) is 0 Å². The van der Waals surface area contributed by atoms with Crippen LogP contribution in [0.1, 0.15) is 0 Å². The highest BCUT2D eigenvalue weighted by molar-refractivity contribution is 7.35. The van der Waals surface area contributed by atoms with Crippen LogP contribution in [0.5, 0.6) is 0 Å². The van der Waals surface area contributed by atoms with Gasteiger partial charge >= 0.3 is 0 Å². The summed E-state index contributed by atoms with van der Waals surface area (Å²) in [6, 6.07) is 0. The topological polar surface area (TPSA) is 0 Å². The maximum Gasteiger partial charge on any atom is 0 e. The van der Waals surface area contributed by atoms with E-state index in [0.717, 1.165) is 8.58 Å². The van der Waals surface area contributed by atoms with Crippen LogP contribution in [-0.4, -0.2) is 30.7 Å². The molecule has 0 bridgehead atoms. The summed E-state index contributed by atoms with van der Waals surface area (Å²) in [6.07, 6.45) is 0. The van der Waals surface area contributed by atoms with Gasteiger partial charge in [0.2, 0.25) is 0 Å². The Morgan fingerprint density at radius 2 is 1.20 bits per heavy atom. The fourth-order valence-corrected chi connectivity index (χ4v) is 0. The van der Waals surface area contributed by atoms with E-state index >= 15 is 0 Å². The second-order valence-corrected chi connectivity index (χ2v) is 1.50. The summed E-state index contributed by atoms with van der Waals surface area (Å²) in [4.78, 5) is 0. The highest BCUT2D eigenvalue weighted by Gasteiger charge is 1.33. The molecule has 3 heteroatoms. The minimum Gasteiger partial charge on any atom is -0.147 e. The van der Waals surface area contributed by atoms with Gasteiger partial charge in [-0.1, -0.05) is 0 Å². The quantitative estimate of drug-likeness (QED) is 0.334. The van der Waals surface area contributed by atoms with Crippen molar-refractivity contribution in [3.05, 3.63) is 0 Å². The molecule has 0 aromatic rings. The Morgan fingerprint density at radius 1 is 1.20 bits per heavy atom. The number of hydrogen-bond donors (Lipinski definition) is 0. The molecule has 0 saturated carbocycles. The van der Waals surface area contributed by atoms with Crippen LogP contribution in [0, 0.1) is 0 Å². The van der Waals surface area contributed by atoms with Crippen LogP contribution in [0.3, 0.4) is 0 Å². The number of rotatable bonds is 0. The average molecular weight is 125 g/mol. The Balaban J connectivity index is -0.0000000200.